The number of hydrogen-bond acceptors (Lipinski definition) is 4. The molecule has 0 saturated carbocycles. The Balaban J connectivity index is 0.00000200. The van der Waals surface area contributed by atoms with Crippen LogP contribution in [0.15, 0.2) is 18.2 Å². The molecular weight excluding hydrogens is 282 g/mol. The van der Waals surface area contributed by atoms with Gasteiger partial charge in [0.15, 0.2) is 0 Å². The van der Waals surface area contributed by atoms with E-state index in [0.717, 1.165) is 19.4 Å². The molecule has 1 aromatic rings. The number of nitrogens with one attached hydrogen (secondary N) is 2. The van der Waals surface area contributed by atoms with Crippen molar-refractivity contribution in [2.75, 3.05) is 13.1 Å². The van der Waals surface area contributed by atoms with Crippen molar-refractivity contribution in [3.05, 3.63) is 39.4 Å². The third-order valence-corrected chi connectivity index (χ3v) is 3.33. The summed E-state index contributed by atoms with van der Waals surface area (Å²) in [6, 6.07) is 4.75. The van der Waals surface area contributed by atoms with Crippen LogP contribution in [-0.4, -0.2) is 30.0 Å². The van der Waals surface area contributed by atoms with Gasteiger partial charge in [-0.25, -0.2) is 0 Å². The second-order valence-electron chi connectivity index (χ2n) is 4.76. The van der Waals surface area contributed by atoms with E-state index in [1.54, 1.807) is 13.0 Å². The predicted octanol–water partition coefficient (Wildman–Crippen LogP) is 1.81. The van der Waals surface area contributed by atoms with Crippen molar-refractivity contribution in [2.24, 2.45) is 0 Å². The molecule has 6 nitrogen and oxygen atoms in total. The minimum Gasteiger partial charge on any atom is -0.350 e. The molecule has 0 aromatic heterocycles. The monoisotopic (exact) mass is 299 g/mol. The van der Waals surface area contributed by atoms with Crippen molar-refractivity contribution in [1.82, 2.24) is 10.6 Å². The van der Waals surface area contributed by atoms with E-state index in [1.165, 1.54) is 12.1 Å². The molecule has 2 rings (SSSR count). The summed E-state index contributed by atoms with van der Waals surface area (Å²) in [5, 5.41) is 16.8. The Morgan fingerprint density at radius 2 is 2.30 bits per heavy atom. The maximum absolute atomic E-state index is 11.9. The Morgan fingerprint density at radius 3 is 2.85 bits per heavy atom. The Hall–Kier alpha value is -1.66. The van der Waals surface area contributed by atoms with Crippen LogP contribution >= 0.6 is 12.4 Å². The summed E-state index contributed by atoms with van der Waals surface area (Å²) >= 11 is 0. The van der Waals surface area contributed by atoms with Crippen LogP contribution in [0, 0.1) is 17.0 Å². The van der Waals surface area contributed by atoms with Crippen molar-refractivity contribution in [3.63, 3.8) is 0 Å². The molecule has 1 aromatic carbocycles. The third kappa shape index (κ3) is 3.91. The lowest BCUT2D eigenvalue weighted by Gasteiger charge is -2.11. The highest BCUT2D eigenvalue weighted by atomic mass is 35.5. The number of nitro benzene ring substituents is 1. The van der Waals surface area contributed by atoms with Crippen LogP contribution in [0.4, 0.5) is 5.69 Å². The van der Waals surface area contributed by atoms with Crippen LogP contribution in [0.1, 0.15) is 28.8 Å². The minimum absolute atomic E-state index is 0. The number of benzene rings is 1. The topological polar surface area (TPSA) is 84.3 Å². The fourth-order valence-corrected chi connectivity index (χ4v) is 2.25. The van der Waals surface area contributed by atoms with Crippen LogP contribution in [0.25, 0.3) is 0 Å². The lowest BCUT2D eigenvalue weighted by atomic mass is 10.1. The molecule has 20 heavy (non-hydrogen) atoms. The molecule has 0 spiro atoms. The van der Waals surface area contributed by atoms with Crippen molar-refractivity contribution >= 4 is 24.0 Å². The third-order valence-electron chi connectivity index (χ3n) is 3.33. The fourth-order valence-electron chi connectivity index (χ4n) is 2.25. The van der Waals surface area contributed by atoms with Gasteiger partial charge in [-0.1, -0.05) is 0 Å². The zero-order valence-electron chi connectivity index (χ0n) is 11.2. The van der Waals surface area contributed by atoms with Gasteiger partial charge in [0.2, 0.25) is 0 Å². The normalized spacial score (nSPS) is 17.4. The molecule has 0 bridgehead atoms. The van der Waals surface area contributed by atoms with Crippen molar-refractivity contribution in [2.45, 2.75) is 25.8 Å². The maximum Gasteiger partial charge on any atom is 0.272 e. The van der Waals surface area contributed by atoms with Crippen LogP contribution in [0.2, 0.25) is 0 Å². The lowest BCUT2D eigenvalue weighted by molar-refractivity contribution is -0.385. The first kappa shape index (κ1) is 16.4. The Kier molecular flexibility index (Phi) is 5.91. The molecule has 1 amide bonds. The zero-order valence-corrected chi connectivity index (χ0v) is 12.0. The highest BCUT2D eigenvalue weighted by Gasteiger charge is 2.17. The second-order valence-corrected chi connectivity index (χ2v) is 4.76. The van der Waals surface area contributed by atoms with Gasteiger partial charge in [0.25, 0.3) is 11.6 Å². The molecule has 110 valence electrons. The minimum atomic E-state index is -0.445. The Bertz CT molecular complexity index is 502. The van der Waals surface area contributed by atoms with E-state index >= 15 is 0 Å². The van der Waals surface area contributed by atoms with Crippen molar-refractivity contribution in [3.8, 4) is 0 Å². The van der Waals surface area contributed by atoms with Crippen LogP contribution in [0.3, 0.4) is 0 Å². The predicted molar refractivity (Wildman–Crippen MR) is 78.4 cm³/mol. The van der Waals surface area contributed by atoms with Gasteiger partial charge in [0.1, 0.15) is 0 Å². The first-order valence-corrected chi connectivity index (χ1v) is 6.34. The van der Waals surface area contributed by atoms with Gasteiger partial charge in [0.05, 0.1) is 4.92 Å². The highest BCUT2D eigenvalue weighted by Crippen LogP contribution is 2.18. The summed E-state index contributed by atoms with van der Waals surface area (Å²) in [7, 11) is 0. The van der Waals surface area contributed by atoms with Gasteiger partial charge in [-0.2, -0.15) is 0 Å². The molecule has 1 atom stereocenters. The lowest BCUT2D eigenvalue weighted by Crippen LogP contribution is -2.37. The largest absolute Gasteiger partial charge is 0.350 e. The quantitative estimate of drug-likeness (QED) is 0.656. The second kappa shape index (κ2) is 7.21. The van der Waals surface area contributed by atoms with E-state index in [9.17, 15) is 14.9 Å². The SMILES string of the molecule is Cc1cc(C(=O)NCC2CCCN2)ccc1[N+](=O)[O-].Cl. The smallest absolute Gasteiger partial charge is 0.272 e. The molecule has 2 N–H and O–H groups in total. The molecule has 1 aliphatic rings. The Labute approximate surface area is 123 Å². The molecule has 0 radical (unpaired) electrons. The highest BCUT2D eigenvalue weighted by molar-refractivity contribution is 5.94. The van der Waals surface area contributed by atoms with E-state index in [1.807, 2.05) is 0 Å². The first-order chi connectivity index (χ1) is 9.08. The molecule has 1 aliphatic heterocycles. The van der Waals surface area contributed by atoms with Crippen LogP contribution < -0.4 is 10.6 Å². The zero-order chi connectivity index (χ0) is 13.8. The van der Waals surface area contributed by atoms with E-state index in [2.05, 4.69) is 10.6 Å². The van der Waals surface area contributed by atoms with Crippen LogP contribution in [0.5, 0.6) is 0 Å². The van der Waals surface area contributed by atoms with Gasteiger partial charge in [-0.05, 0) is 38.4 Å². The molecule has 1 heterocycles. The average molecular weight is 300 g/mol. The van der Waals surface area contributed by atoms with Crippen molar-refractivity contribution in [1.29, 1.82) is 0 Å². The number of halogens is 1. The van der Waals surface area contributed by atoms with E-state index < -0.39 is 4.92 Å². The number of hydrogen-bond donors (Lipinski definition) is 2. The van der Waals surface area contributed by atoms with Gasteiger partial charge in [0, 0.05) is 29.8 Å². The van der Waals surface area contributed by atoms with Gasteiger partial charge >= 0.3 is 0 Å². The van der Waals surface area contributed by atoms with Gasteiger partial charge in [-0.15, -0.1) is 12.4 Å². The maximum atomic E-state index is 11.9. The average Bonchev–Trinajstić information content (AvgIpc) is 2.88. The summed E-state index contributed by atoms with van der Waals surface area (Å²) in [6.45, 7) is 3.22. The number of amides is 1. The van der Waals surface area contributed by atoms with E-state index in [4.69, 9.17) is 0 Å². The fraction of sp³-hybridized carbons (Fsp3) is 0.462. The summed E-state index contributed by atoms with van der Waals surface area (Å²) < 4.78 is 0. The summed E-state index contributed by atoms with van der Waals surface area (Å²) in [6.07, 6.45) is 2.21. The number of nitrogens with zero attached hydrogens (tertiary/aromatic N) is 1. The molecule has 7 heteroatoms. The van der Waals surface area contributed by atoms with Gasteiger partial charge < -0.3 is 10.6 Å². The van der Waals surface area contributed by atoms with E-state index in [-0.39, 0.29) is 24.0 Å². The molecule has 1 fully saturated rings. The van der Waals surface area contributed by atoms with Crippen molar-refractivity contribution < 1.29 is 9.72 Å². The first-order valence-electron chi connectivity index (χ1n) is 6.34. The number of nitro groups is 1. The van der Waals surface area contributed by atoms with Crippen LogP contribution in [-0.2, 0) is 0 Å². The Morgan fingerprint density at radius 1 is 1.55 bits per heavy atom. The number of aryl methyl sites for hydroxylation is 1. The van der Waals surface area contributed by atoms with E-state index in [0.29, 0.717) is 23.7 Å². The van der Waals surface area contributed by atoms with Gasteiger partial charge in [-0.3, -0.25) is 14.9 Å². The number of rotatable bonds is 4. The molecule has 0 aliphatic carbocycles. The summed E-state index contributed by atoms with van der Waals surface area (Å²) in [5.41, 5.74) is 0.992. The number of carbonyl (C=O) groups excluding carboxylic acids is 1. The molecule has 1 unspecified atom stereocenters. The standard InChI is InChI=1S/C13H17N3O3.ClH/c1-9-7-10(4-5-12(9)16(18)19)13(17)15-8-11-3-2-6-14-11;/h4-5,7,11,14H,2-3,6,8H2,1H3,(H,15,17);1H. The summed E-state index contributed by atoms with van der Waals surface area (Å²) in [4.78, 5) is 22.2. The summed E-state index contributed by atoms with van der Waals surface area (Å²) in [5.74, 6) is -0.188. The molecular formula is C13H18ClN3O3. The number of carbonyl (C=O) groups is 1. The molecule has 1 saturated heterocycles.